The number of methoxy groups -OCH3 is 1. The number of hydrogen-bond donors (Lipinski definition) is 1. The van der Waals surface area contributed by atoms with Crippen molar-refractivity contribution >= 4 is 38.8 Å². The summed E-state index contributed by atoms with van der Waals surface area (Å²) in [5, 5.41) is 3.98. The van der Waals surface area contributed by atoms with Crippen LogP contribution >= 0.6 is 0 Å². The Bertz CT molecular complexity index is 1220. The van der Waals surface area contributed by atoms with Crippen LogP contribution in [0.5, 0.6) is 11.5 Å². The van der Waals surface area contributed by atoms with Crippen LogP contribution in [0, 0.1) is 5.82 Å². The fourth-order valence-corrected chi connectivity index (χ4v) is 4.70. The summed E-state index contributed by atoms with van der Waals surface area (Å²) in [7, 11) is 1.47. The number of rotatable bonds is 6. The Morgan fingerprint density at radius 2 is 2.03 bits per heavy atom. The van der Waals surface area contributed by atoms with E-state index in [0.29, 0.717) is 47.1 Å². The lowest BCUT2D eigenvalue weighted by atomic mass is 10.1. The number of halogens is 1. The normalized spacial score (nSPS) is 21.9. The summed E-state index contributed by atoms with van der Waals surface area (Å²) < 4.78 is 42.1. The van der Waals surface area contributed by atoms with Crippen molar-refractivity contribution in [1.82, 2.24) is 9.97 Å². The van der Waals surface area contributed by atoms with Crippen LogP contribution in [0.4, 0.5) is 21.6 Å². The number of benzene rings is 2. The molecule has 5 rings (SSSR count). The van der Waals surface area contributed by atoms with Gasteiger partial charge >= 0.3 is 0 Å². The average molecular weight is 473 g/mol. The molecule has 2 aliphatic rings. The highest BCUT2D eigenvalue weighted by Gasteiger charge is 2.43. The molecule has 2 fully saturated rings. The van der Waals surface area contributed by atoms with E-state index in [1.807, 2.05) is 24.6 Å². The lowest BCUT2D eigenvalue weighted by Gasteiger charge is -2.21. The summed E-state index contributed by atoms with van der Waals surface area (Å²) >= 11 is 0. The molecule has 0 aliphatic carbocycles. The third kappa shape index (κ3) is 4.50. The van der Waals surface area contributed by atoms with Crippen molar-refractivity contribution in [3.8, 4) is 11.5 Å². The van der Waals surface area contributed by atoms with Gasteiger partial charge in [-0.3, -0.25) is 0 Å². The number of fused-ring (bicyclic) bond motifs is 2. The molecule has 0 radical (unpaired) electrons. The van der Waals surface area contributed by atoms with Gasteiger partial charge in [0.05, 0.1) is 42.1 Å². The van der Waals surface area contributed by atoms with Crippen molar-refractivity contribution in [3.63, 3.8) is 0 Å². The summed E-state index contributed by atoms with van der Waals surface area (Å²) in [5.41, 5.74) is 2.04. The zero-order valence-corrected chi connectivity index (χ0v) is 19.4. The Balaban J connectivity index is 1.50. The molecule has 10 heteroatoms. The molecule has 0 saturated carbocycles. The van der Waals surface area contributed by atoms with Crippen LogP contribution < -0.4 is 14.8 Å². The molecule has 0 spiro atoms. The second-order valence-electron chi connectivity index (χ2n) is 8.05. The first kappa shape index (κ1) is 22.0. The maximum atomic E-state index is 14.1. The lowest BCUT2D eigenvalue weighted by molar-refractivity contribution is 0.0310. The Morgan fingerprint density at radius 3 is 2.85 bits per heavy atom. The van der Waals surface area contributed by atoms with Crippen molar-refractivity contribution in [3.05, 3.63) is 42.5 Å². The van der Waals surface area contributed by atoms with E-state index >= 15 is 0 Å². The Hall–Kier alpha value is -2.82. The number of ether oxygens (including phenoxy) is 4. The minimum Gasteiger partial charge on any atom is -0.496 e. The second kappa shape index (κ2) is 9.20. The second-order valence-corrected chi connectivity index (χ2v) is 9.78. The highest BCUT2D eigenvalue weighted by Crippen LogP contribution is 2.38. The standard InChI is InChI=1S/C23H25FN4O4S/c1-29-19-10-14(28-33(2)3)9-16-21(19)23(26-12-25-16)27-15-5-4-13(24)8-18(15)32-20-11-31-17-6-7-30-22(17)20/h4-5,8-10,12,17,20,22H,6-7,11H2,1-3H3,(H,25,26,27). The fraction of sp³-hybridized carbons (Fsp3) is 0.391. The quantitative estimate of drug-likeness (QED) is 0.577. The van der Waals surface area contributed by atoms with Crippen molar-refractivity contribution in [1.29, 1.82) is 0 Å². The molecule has 3 heterocycles. The molecule has 1 aromatic heterocycles. The van der Waals surface area contributed by atoms with Crippen LogP contribution in [0.3, 0.4) is 0 Å². The number of anilines is 2. The van der Waals surface area contributed by atoms with Gasteiger partial charge in [-0.2, -0.15) is 0 Å². The summed E-state index contributed by atoms with van der Waals surface area (Å²) in [6.07, 6.45) is 5.96. The van der Waals surface area contributed by atoms with E-state index in [-0.39, 0.29) is 29.0 Å². The average Bonchev–Trinajstić information content (AvgIpc) is 3.40. The molecule has 3 aromatic rings. The summed E-state index contributed by atoms with van der Waals surface area (Å²) in [4.78, 5) is 8.82. The molecule has 1 N–H and O–H groups in total. The van der Waals surface area contributed by atoms with Crippen LogP contribution in [0.15, 0.2) is 41.0 Å². The lowest BCUT2D eigenvalue weighted by Crippen LogP contribution is -2.32. The van der Waals surface area contributed by atoms with Gasteiger partial charge in [0.1, 0.15) is 35.6 Å². The van der Waals surface area contributed by atoms with E-state index in [4.69, 9.17) is 18.9 Å². The predicted octanol–water partition coefficient (Wildman–Crippen LogP) is 4.15. The molecule has 0 amide bonds. The highest BCUT2D eigenvalue weighted by molar-refractivity contribution is 7.85. The third-order valence-electron chi connectivity index (χ3n) is 5.59. The zero-order valence-electron chi connectivity index (χ0n) is 18.6. The third-order valence-corrected chi connectivity index (χ3v) is 6.17. The van der Waals surface area contributed by atoms with Gasteiger partial charge in [-0.1, -0.05) is 0 Å². The van der Waals surface area contributed by atoms with Crippen LogP contribution in [-0.2, 0) is 20.2 Å². The first-order valence-electron chi connectivity index (χ1n) is 10.6. The topological polar surface area (TPSA) is 87.1 Å². The summed E-state index contributed by atoms with van der Waals surface area (Å²) in [6.45, 7) is 1.04. The first-order chi connectivity index (χ1) is 16.0. The van der Waals surface area contributed by atoms with Gasteiger partial charge in [0.2, 0.25) is 0 Å². The van der Waals surface area contributed by atoms with E-state index in [2.05, 4.69) is 19.6 Å². The Kier molecular flexibility index (Phi) is 6.13. The van der Waals surface area contributed by atoms with Gasteiger partial charge in [-0.25, -0.2) is 18.7 Å². The molecule has 2 aliphatic heterocycles. The summed E-state index contributed by atoms with van der Waals surface area (Å²) in [6, 6.07) is 8.10. The van der Waals surface area contributed by atoms with Gasteiger partial charge < -0.3 is 24.3 Å². The van der Waals surface area contributed by atoms with Gasteiger partial charge in [0, 0.05) is 18.7 Å². The molecule has 2 saturated heterocycles. The number of hydrogen-bond acceptors (Lipinski definition) is 8. The Morgan fingerprint density at radius 1 is 1.15 bits per heavy atom. The zero-order chi connectivity index (χ0) is 22.9. The number of nitrogens with one attached hydrogen (secondary N) is 1. The first-order valence-corrected chi connectivity index (χ1v) is 12.6. The van der Waals surface area contributed by atoms with E-state index in [1.165, 1.54) is 18.5 Å². The SMILES string of the molecule is COc1cc(N=S(C)C)cc2ncnc(Nc3ccc(F)cc3OC3COC4CCOC43)c12. The minimum absolute atomic E-state index is 0.0288. The van der Waals surface area contributed by atoms with Crippen molar-refractivity contribution in [2.45, 2.75) is 24.7 Å². The van der Waals surface area contributed by atoms with Crippen molar-refractivity contribution < 1.29 is 23.3 Å². The van der Waals surface area contributed by atoms with E-state index in [9.17, 15) is 4.39 Å². The van der Waals surface area contributed by atoms with E-state index in [0.717, 1.165) is 12.1 Å². The maximum Gasteiger partial charge on any atom is 0.151 e. The van der Waals surface area contributed by atoms with Crippen LogP contribution in [0.2, 0.25) is 0 Å². The molecule has 8 nitrogen and oxygen atoms in total. The molecule has 2 aromatic carbocycles. The van der Waals surface area contributed by atoms with Gasteiger partial charge in [-0.15, -0.1) is 10.7 Å². The largest absolute Gasteiger partial charge is 0.496 e. The van der Waals surface area contributed by atoms with Crippen LogP contribution in [0.1, 0.15) is 6.42 Å². The van der Waals surface area contributed by atoms with Crippen molar-refractivity contribution in [2.24, 2.45) is 4.36 Å². The molecule has 3 atom stereocenters. The number of nitrogens with zero attached hydrogens (tertiary/aromatic N) is 3. The number of aromatic nitrogens is 2. The molecule has 33 heavy (non-hydrogen) atoms. The smallest absolute Gasteiger partial charge is 0.151 e. The molecule has 0 bridgehead atoms. The Labute approximate surface area is 193 Å². The van der Waals surface area contributed by atoms with Gasteiger partial charge in [0.25, 0.3) is 0 Å². The molecule has 174 valence electrons. The molecular formula is C23H25FN4O4S. The van der Waals surface area contributed by atoms with Gasteiger partial charge in [-0.05, 0) is 37.1 Å². The predicted molar refractivity (Wildman–Crippen MR) is 126 cm³/mol. The highest BCUT2D eigenvalue weighted by atomic mass is 32.2. The van der Waals surface area contributed by atoms with E-state index < -0.39 is 5.82 Å². The van der Waals surface area contributed by atoms with Gasteiger partial charge in [0.15, 0.2) is 6.10 Å². The summed E-state index contributed by atoms with van der Waals surface area (Å²) in [5.74, 6) is 1.07. The molecular weight excluding hydrogens is 447 g/mol. The van der Waals surface area contributed by atoms with Crippen LogP contribution in [0.25, 0.3) is 10.9 Å². The minimum atomic E-state index is -0.399. The van der Waals surface area contributed by atoms with Crippen molar-refractivity contribution in [2.75, 3.05) is 38.2 Å². The molecule has 3 unspecified atom stereocenters. The van der Waals surface area contributed by atoms with Crippen LogP contribution in [-0.4, -0.2) is 61.1 Å². The maximum absolute atomic E-state index is 14.1. The monoisotopic (exact) mass is 472 g/mol. The van der Waals surface area contributed by atoms with E-state index in [1.54, 1.807) is 13.2 Å². The fourth-order valence-electron chi connectivity index (χ4n) is 4.18.